The molecule has 3 rings (SSSR count). The molecule has 2 aromatic rings. The lowest BCUT2D eigenvalue weighted by atomic mass is 9.98. The van der Waals surface area contributed by atoms with Crippen molar-refractivity contribution in [1.29, 1.82) is 0 Å². The first-order chi connectivity index (χ1) is 13.4. The van der Waals surface area contributed by atoms with Gasteiger partial charge in [0, 0.05) is 25.7 Å². The molecule has 1 N–H and O–H groups in total. The Morgan fingerprint density at radius 3 is 2.46 bits per heavy atom. The van der Waals surface area contributed by atoms with Crippen molar-refractivity contribution in [3.8, 4) is 11.5 Å². The third kappa shape index (κ3) is 4.35. The summed E-state index contributed by atoms with van der Waals surface area (Å²) in [6, 6.07) is 5.83. The quantitative estimate of drug-likeness (QED) is 0.825. The highest BCUT2D eigenvalue weighted by Gasteiger charge is 2.22. The number of amides is 1. The summed E-state index contributed by atoms with van der Waals surface area (Å²) in [5, 5.41) is 2.92. The average molecular weight is 384 g/mol. The Balaban J connectivity index is 1.84. The van der Waals surface area contributed by atoms with Crippen LogP contribution < -0.4 is 19.7 Å². The van der Waals surface area contributed by atoms with E-state index < -0.39 is 0 Å². The number of fused-ring (bicyclic) bond motifs is 1. The number of carbonyl (C=O) groups excluding carboxylic acids is 1. The molecule has 0 aliphatic carbocycles. The van der Waals surface area contributed by atoms with Gasteiger partial charge in [-0.3, -0.25) is 4.79 Å². The van der Waals surface area contributed by atoms with Crippen LogP contribution in [0.4, 0.5) is 5.82 Å². The van der Waals surface area contributed by atoms with E-state index in [0.717, 1.165) is 30.3 Å². The molecule has 1 aromatic heterocycles. The molecule has 7 nitrogen and oxygen atoms in total. The van der Waals surface area contributed by atoms with Gasteiger partial charge in [-0.05, 0) is 42.5 Å². The minimum atomic E-state index is -0.163. The number of nitrogens with zero attached hydrogens (tertiary/aromatic N) is 3. The predicted octanol–water partition coefficient (Wildman–Crippen LogP) is 2.75. The number of carbonyl (C=O) groups is 1. The van der Waals surface area contributed by atoms with Crippen LogP contribution in [-0.4, -0.2) is 43.2 Å². The van der Waals surface area contributed by atoms with E-state index in [9.17, 15) is 4.79 Å². The summed E-state index contributed by atoms with van der Waals surface area (Å²) in [5.74, 6) is 3.04. The number of aromatic nitrogens is 2. The molecule has 0 radical (unpaired) electrons. The lowest BCUT2D eigenvalue weighted by Crippen LogP contribution is -2.32. The fourth-order valence-corrected chi connectivity index (χ4v) is 3.30. The Morgan fingerprint density at radius 1 is 1.14 bits per heavy atom. The van der Waals surface area contributed by atoms with Gasteiger partial charge in [0.25, 0.3) is 5.91 Å². The Kier molecular flexibility index (Phi) is 6.02. The number of nitrogens with one attached hydrogen (secondary N) is 1. The van der Waals surface area contributed by atoms with Crippen molar-refractivity contribution >= 4 is 11.7 Å². The maximum absolute atomic E-state index is 12.4. The fourth-order valence-electron chi connectivity index (χ4n) is 3.30. The number of hydrogen-bond acceptors (Lipinski definition) is 6. The van der Waals surface area contributed by atoms with Crippen LogP contribution in [-0.2, 0) is 13.0 Å². The van der Waals surface area contributed by atoms with Crippen LogP contribution in [0.1, 0.15) is 41.3 Å². The maximum Gasteiger partial charge on any atom is 0.270 e. The number of methoxy groups -OCH3 is 2. The smallest absolute Gasteiger partial charge is 0.270 e. The number of hydrogen-bond donors (Lipinski definition) is 1. The molecular weight excluding hydrogens is 356 g/mol. The first-order valence-electron chi connectivity index (χ1n) is 9.54. The van der Waals surface area contributed by atoms with Gasteiger partial charge in [0.15, 0.2) is 11.5 Å². The van der Waals surface area contributed by atoms with E-state index in [-0.39, 0.29) is 5.91 Å². The predicted molar refractivity (Wildman–Crippen MR) is 108 cm³/mol. The number of aryl methyl sites for hydroxylation is 1. The summed E-state index contributed by atoms with van der Waals surface area (Å²) in [7, 11) is 3.29. The molecule has 0 bridgehead atoms. The van der Waals surface area contributed by atoms with Gasteiger partial charge in [-0.1, -0.05) is 13.8 Å². The van der Waals surface area contributed by atoms with Crippen molar-refractivity contribution in [2.24, 2.45) is 5.92 Å². The van der Waals surface area contributed by atoms with Crippen molar-refractivity contribution in [1.82, 2.24) is 15.3 Å². The molecule has 1 aliphatic rings. The molecule has 0 saturated heterocycles. The maximum atomic E-state index is 12.4. The van der Waals surface area contributed by atoms with E-state index in [1.54, 1.807) is 20.3 Å². The summed E-state index contributed by atoms with van der Waals surface area (Å²) in [5.41, 5.74) is 2.82. The van der Waals surface area contributed by atoms with E-state index >= 15 is 0 Å². The van der Waals surface area contributed by atoms with Gasteiger partial charge in [-0.25, -0.2) is 9.97 Å². The minimum Gasteiger partial charge on any atom is -0.493 e. The third-order valence-corrected chi connectivity index (χ3v) is 4.77. The highest BCUT2D eigenvalue weighted by molar-refractivity contribution is 5.93. The van der Waals surface area contributed by atoms with Gasteiger partial charge in [0.05, 0.1) is 14.2 Å². The second-order valence-corrected chi connectivity index (χ2v) is 7.41. The molecule has 0 atom stereocenters. The monoisotopic (exact) mass is 384 g/mol. The molecule has 7 heteroatoms. The molecule has 0 spiro atoms. The van der Waals surface area contributed by atoms with Crippen LogP contribution >= 0.6 is 0 Å². The van der Waals surface area contributed by atoms with E-state index in [0.29, 0.717) is 30.5 Å². The van der Waals surface area contributed by atoms with Crippen molar-refractivity contribution in [2.75, 3.05) is 32.2 Å². The molecule has 28 heavy (non-hydrogen) atoms. The van der Waals surface area contributed by atoms with Gasteiger partial charge in [0.1, 0.15) is 17.3 Å². The molecule has 1 amide bonds. The van der Waals surface area contributed by atoms with Crippen LogP contribution in [0.2, 0.25) is 0 Å². The SMILES string of the molecule is COc1cc2c(cc1OC)CN(c1cc(C(=O)NCC(C)C)nc(C)n1)CC2. The zero-order valence-corrected chi connectivity index (χ0v) is 17.2. The van der Waals surface area contributed by atoms with E-state index in [1.807, 2.05) is 19.1 Å². The topological polar surface area (TPSA) is 76.6 Å². The van der Waals surface area contributed by atoms with Crippen molar-refractivity contribution in [3.63, 3.8) is 0 Å². The highest BCUT2D eigenvalue weighted by Crippen LogP contribution is 2.34. The van der Waals surface area contributed by atoms with Crippen LogP contribution in [0.5, 0.6) is 11.5 Å². The second kappa shape index (κ2) is 8.46. The Hall–Kier alpha value is -2.83. The average Bonchev–Trinajstić information content (AvgIpc) is 2.69. The third-order valence-electron chi connectivity index (χ3n) is 4.77. The summed E-state index contributed by atoms with van der Waals surface area (Å²) in [6.45, 7) is 8.06. The number of rotatable bonds is 6. The fraction of sp³-hybridized carbons (Fsp3) is 0.476. The Bertz CT molecular complexity index is 867. The number of ether oxygens (including phenoxy) is 2. The van der Waals surface area contributed by atoms with Gasteiger partial charge in [0.2, 0.25) is 0 Å². The molecule has 0 saturated carbocycles. The second-order valence-electron chi connectivity index (χ2n) is 7.41. The Labute approximate surface area is 166 Å². The lowest BCUT2D eigenvalue weighted by molar-refractivity contribution is 0.0943. The number of anilines is 1. The normalized spacial score (nSPS) is 13.3. The number of benzene rings is 1. The Morgan fingerprint density at radius 2 is 1.82 bits per heavy atom. The van der Waals surface area contributed by atoms with Gasteiger partial charge in [-0.2, -0.15) is 0 Å². The zero-order valence-electron chi connectivity index (χ0n) is 17.2. The van der Waals surface area contributed by atoms with E-state index in [2.05, 4.69) is 34.0 Å². The standard InChI is InChI=1S/C21H28N4O3/c1-13(2)11-22-21(26)17-10-20(24-14(3)23-17)25-7-6-15-8-18(27-4)19(28-5)9-16(15)12-25/h8-10,13H,6-7,11-12H2,1-5H3,(H,22,26). The molecule has 2 heterocycles. The van der Waals surface area contributed by atoms with E-state index in [4.69, 9.17) is 9.47 Å². The summed E-state index contributed by atoms with van der Waals surface area (Å²) in [6.07, 6.45) is 0.869. The summed E-state index contributed by atoms with van der Waals surface area (Å²) >= 11 is 0. The first-order valence-corrected chi connectivity index (χ1v) is 9.54. The first kappa shape index (κ1) is 19.9. The summed E-state index contributed by atoms with van der Waals surface area (Å²) < 4.78 is 10.8. The van der Waals surface area contributed by atoms with E-state index in [1.165, 1.54) is 11.1 Å². The molecular formula is C21H28N4O3. The van der Waals surface area contributed by atoms with Gasteiger partial charge >= 0.3 is 0 Å². The molecule has 0 unspecified atom stereocenters. The molecule has 1 aromatic carbocycles. The van der Waals surface area contributed by atoms with Crippen LogP contribution in [0.15, 0.2) is 18.2 Å². The largest absolute Gasteiger partial charge is 0.493 e. The zero-order chi connectivity index (χ0) is 20.3. The van der Waals surface area contributed by atoms with Crippen LogP contribution in [0, 0.1) is 12.8 Å². The molecule has 0 fully saturated rings. The van der Waals surface area contributed by atoms with Crippen molar-refractivity contribution in [3.05, 3.63) is 40.8 Å². The van der Waals surface area contributed by atoms with Crippen molar-refractivity contribution < 1.29 is 14.3 Å². The summed E-state index contributed by atoms with van der Waals surface area (Å²) in [4.78, 5) is 23.5. The molecule has 1 aliphatic heterocycles. The minimum absolute atomic E-state index is 0.163. The lowest BCUT2D eigenvalue weighted by Gasteiger charge is -2.30. The molecule has 150 valence electrons. The van der Waals surface area contributed by atoms with Crippen LogP contribution in [0.25, 0.3) is 0 Å². The van der Waals surface area contributed by atoms with Crippen molar-refractivity contribution in [2.45, 2.75) is 33.7 Å². The highest BCUT2D eigenvalue weighted by atomic mass is 16.5. The van der Waals surface area contributed by atoms with Gasteiger partial charge < -0.3 is 19.7 Å². The van der Waals surface area contributed by atoms with Gasteiger partial charge in [-0.15, -0.1) is 0 Å². The van der Waals surface area contributed by atoms with Crippen LogP contribution in [0.3, 0.4) is 0 Å².